The van der Waals surface area contributed by atoms with Crippen molar-refractivity contribution < 1.29 is 25.0 Å². The van der Waals surface area contributed by atoms with Gasteiger partial charge in [-0.2, -0.15) is 0 Å². The van der Waals surface area contributed by atoms with E-state index in [9.17, 15) is 15.1 Å². The number of aromatic carboxylic acids is 1. The van der Waals surface area contributed by atoms with E-state index in [1.165, 1.54) is 35.0 Å². The molecule has 2 aromatic rings. The summed E-state index contributed by atoms with van der Waals surface area (Å²) in [5, 5.41) is 32.1. The van der Waals surface area contributed by atoms with Gasteiger partial charge in [0.15, 0.2) is 0 Å². The minimum atomic E-state index is -1.22. The second-order valence-corrected chi connectivity index (χ2v) is 8.63. The Hall–Kier alpha value is -3.22. The molecule has 0 atom stereocenters. The van der Waals surface area contributed by atoms with Crippen molar-refractivity contribution in [2.24, 2.45) is 5.16 Å². The molecule has 174 valence electrons. The summed E-state index contributed by atoms with van der Waals surface area (Å²) in [6, 6.07) is 8.05. The van der Waals surface area contributed by atoms with Gasteiger partial charge in [0.1, 0.15) is 29.4 Å². The summed E-state index contributed by atoms with van der Waals surface area (Å²) in [6.07, 6.45) is 0.826. The number of rotatable bonds is 9. The number of aromatic hydroxyl groups is 1. The van der Waals surface area contributed by atoms with Gasteiger partial charge in [-0.3, -0.25) is 0 Å². The van der Waals surface area contributed by atoms with Crippen molar-refractivity contribution >= 4 is 17.4 Å². The molecule has 3 N–H and O–H groups in total. The molecular formula is C25H34N2O5. The second kappa shape index (κ2) is 10.4. The zero-order valence-corrected chi connectivity index (χ0v) is 19.8. The third-order valence-corrected chi connectivity index (χ3v) is 5.49. The molecule has 0 fully saturated rings. The number of phenols is 1. The average Bonchev–Trinajstić information content (AvgIpc) is 2.74. The molecule has 0 unspecified atom stereocenters. The molecule has 0 saturated heterocycles. The van der Waals surface area contributed by atoms with Crippen LogP contribution < -0.4 is 9.64 Å². The predicted octanol–water partition coefficient (Wildman–Crippen LogP) is 5.05. The molecule has 0 aliphatic heterocycles. The Labute approximate surface area is 189 Å². The van der Waals surface area contributed by atoms with Crippen LogP contribution in [0.2, 0.25) is 0 Å². The van der Waals surface area contributed by atoms with E-state index in [1.54, 1.807) is 0 Å². The van der Waals surface area contributed by atoms with Crippen LogP contribution in [0.15, 0.2) is 35.5 Å². The number of hydrogen-bond acceptors (Lipinski definition) is 6. The Morgan fingerprint density at radius 3 is 2.22 bits per heavy atom. The molecule has 0 aliphatic rings. The van der Waals surface area contributed by atoms with Gasteiger partial charge >= 0.3 is 5.97 Å². The van der Waals surface area contributed by atoms with Gasteiger partial charge in [-0.25, -0.2) is 4.79 Å². The van der Waals surface area contributed by atoms with Crippen LogP contribution in [0.4, 0.5) is 5.69 Å². The molecule has 2 aromatic carbocycles. The van der Waals surface area contributed by atoms with Gasteiger partial charge in [0.2, 0.25) is 0 Å². The molecule has 0 radical (unpaired) electrons. The number of hydrogen-bond donors (Lipinski definition) is 3. The van der Waals surface area contributed by atoms with Crippen LogP contribution in [0.1, 0.15) is 68.6 Å². The first kappa shape index (κ1) is 25.0. The summed E-state index contributed by atoms with van der Waals surface area (Å²) >= 11 is 0. The van der Waals surface area contributed by atoms with Gasteiger partial charge in [0, 0.05) is 30.4 Å². The van der Waals surface area contributed by atoms with E-state index in [4.69, 9.17) is 9.84 Å². The van der Waals surface area contributed by atoms with Crippen LogP contribution >= 0.6 is 0 Å². The third kappa shape index (κ3) is 5.52. The van der Waals surface area contributed by atoms with Gasteiger partial charge in [0.25, 0.3) is 0 Å². The van der Waals surface area contributed by atoms with E-state index < -0.39 is 5.97 Å². The molecule has 2 rings (SSSR count). The van der Waals surface area contributed by atoms with Crippen molar-refractivity contribution in [2.45, 2.75) is 53.4 Å². The van der Waals surface area contributed by atoms with Crippen molar-refractivity contribution in [1.29, 1.82) is 0 Å². The van der Waals surface area contributed by atoms with Crippen molar-refractivity contribution in [1.82, 2.24) is 0 Å². The Morgan fingerprint density at radius 1 is 1.09 bits per heavy atom. The van der Waals surface area contributed by atoms with Crippen LogP contribution in [0, 0.1) is 0 Å². The fourth-order valence-corrected chi connectivity index (χ4v) is 3.72. The second-order valence-electron chi connectivity index (χ2n) is 8.63. The summed E-state index contributed by atoms with van der Waals surface area (Å²) in [5.41, 5.74) is 4.33. The molecular weight excluding hydrogens is 408 g/mol. The number of carbonyl (C=O) groups is 1. The van der Waals surface area contributed by atoms with Crippen molar-refractivity contribution in [3.05, 3.63) is 52.6 Å². The number of oxime groups is 1. The number of benzene rings is 2. The number of anilines is 1. The molecule has 7 nitrogen and oxygen atoms in total. The lowest BCUT2D eigenvalue weighted by atomic mass is 9.82. The smallest absolute Gasteiger partial charge is 0.339 e. The largest absolute Gasteiger partial charge is 0.507 e. The molecule has 0 saturated carbocycles. The van der Waals surface area contributed by atoms with E-state index in [2.05, 4.69) is 57.7 Å². The number of aryl methyl sites for hydroxylation is 1. The van der Waals surface area contributed by atoms with Gasteiger partial charge in [-0.05, 0) is 61.1 Å². The summed E-state index contributed by atoms with van der Waals surface area (Å²) in [4.78, 5) is 13.4. The Morgan fingerprint density at radius 2 is 1.75 bits per heavy atom. The highest BCUT2D eigenvalue weighted by Crippen LogP contribution is 2.37. The van der Waals surface area contributed by atoms with E-state index in [-0.39, 0.29) is 29.1 Å². The lowest BCUT2D eigenvalue weighted by Gasteiger charge is -2.33. The first-order valence-electron chi connectivity index (χ1n) is 10.9. The highest BCUT2D eigenvalue weighted by atomic mass is 16.5. The van der Waals surface area contributed by atoms with Crippen LogP contribution in [-0.4, -0.2) is 46.8 Å². The standard InChI is InChI=1S/C25H34N2O5/c1-7-16-12-17(13-20(25(4,5)6)23(16)27(8-2)9-3)21(26-31)15-32-18-10-11-19(24(29)30)22(28)14-18/h10-14,28,31H,7-9,15H2,1-6H3,(H,29,30)/b26-21-. The maximum Gasteiger partial charge on any atom is 0.339 e. The lowest BCUT2D eigenvalue weighted by molar-refractivity contribution is 0.0693. The Kier molecular flexibility index (Phi) is 8.14. The first-order valence-corrected chi connectivity index (χ1v) is 10.9. The SMILES string of the molecule is CCc1cc(/C(COc2ccc(C(=O)O)c(O)c2)=N\O)cc(C(C)(C)C)c1N(CC)CC. The van der Waals surface area contributed by atoms with Crippen molar-refractivity contribution in [2.75, 3.05) is 24.6 Å². The zero-order valence-electron chi connectivity index (χ0n) is 19.8. The quantitative estimate of drug-likeness (QED) is 0.285. The Bertz CT molecular complexity index is 989. The van der Waals surface area contributed by atoms with Crippen LogP contribution in [0.25, 0.3) is 0 Å². The topological polar surface area (TPSA) is 103 Å². The fourth-order valence-electron chi connectivity index (χ4n) is 3.72. The minimum absolute atomic E-state index is 0.0420. The van der Waals surface area contributed by atoms with Crippen LogP contribution in [0.3, 0.4) is 0 Å². The predicted molar refractivity (Wildman–Crippen MR) is 127 cm³/mol. The molecule has 7 heteroatoms. The van der Waals surface area contributed by atoms with Crippen molar-refractivity contribution in [3.63, 3.8) is 0 Å². The van der Waals surface area contributed by atoms with E-state index in [0.29, 0.717) is 5.71 Å². The van der Waals surface area contributed by atoms with E-state index in [1.807, 2.05) is 6.07 Å². The molecule has 0 amide bonds. The molecule has 0 aromatic heterocycles. The minimum Gasteiger partial charge on any atom is -0.507 e. The Balaban J connectivity index is 2.44. The van der Waals surface area contributed by atoms with Crippen molar-refractivity contribution in [3.8, 4) is 11.5 Å². The average molecular weight is 443 g/mol. The maximum atomic E-state index is 11.1. The number of carboxylic acid groups (broad SMARTS) is 1. The molecule has 0 spiro atoms. The zero-order chi connectivity index (χ0) is 24.1. The summed E-state index contributed by atoms with van der Waals surface area (Å²) in [7, 11) is 0. The highest BCUT2D eigenvalue weighted by Gasteiger charge is 2.25. The first-order chi connectivity index (χ1) is 15.1. The van der Waals surface area contributed by atoms with E-state index in [0.717, 1.165) is 25.1 Å². The summed E-state index contributed by atoms with van der Waals surface area (Å²) < 4.78 is 5.69. The monoisotopic (exact) mass is 442 g/mol. The number of nitrogens with zero attached hydrogens (tertiary/aromatic N) is 2. The van der Waals surface area contributed by atoms with Gasteiger partial charge < -0.3 is 25.1 Å². The highest BCUT2D eigenvalue weighted by molar-refractivity contribution is 6.02. The lowest BCUT2D eigenvalue weighted by Crippen LogP contribution is -2.28. The number of ether oxygens (including phenoxy) is 1. The summed E-state index contributed by atoms with van der Waals surface area (Å²) in [5.74, 6) is -1.33. The van der Waals surface area contributed by atoms with Crippen LogP contribution in [-0.2, 0) is 11.8 Å². The molecule has 32 heavy (non-hydrogen) atoms. The fraction of sp³-hybridized carbons (Fsp3) is 0.440. The summed E-state index contributed by atoms with van der Waals surface area (Å²) in [6.45, 7) is 14.6. The molecule has 0 aliphatic carbocycles. The maximum absolute atomic E-state index is 11.1. The number of carboxylic acids is 1. The van der Waals surface area contributed by atoms with E-state index >= 15 is 0 Å². The van der Waals surface area contributed by atoms with Gasteiger partial charge in [0.05, 0.1) is 0 Å². The van der Waals surface area contributed by atoms with Crippen LogP contribution in [0.5, 0.6) is 11.5 Å². The third-order valence-electron chi connectivity index (χ3n) is 5.49. The van der Waals surface area contributed by atoms with Gasteiger partial charge in [-0.1, -0.05) is 32.9 Å². The molecule has 0 heterocycles. The normalized spacial score (nSPS) is 12.0. The molecule has 0 bridgehead atoms. The van der Waals surface area contributed by atoms with Gasteiger partial charge in [-0.15, -0.1) is 0 Å².